The maximum absolute atomic E-state index is 11.8. The number of alkyl halides is 1. The highest BCUT2D eigenvalue weighted by atomic mass is 79.9. The van der Waals surface area contributed by atoms with E-state index in [9.17, 15) is 4.79 Å². The van der Waals surface area contributed by atoms with Crippen LogP contribution in [0.3, 0.4) is 0 Å². The molecule has 0 saturated carbocycles. The third-order valence-corrected chi connectivity index (χ3v) is 3.88. The Bertz CT molecular complexity index is 562. The number of ether oxygens (including phenoxy) is 1. The second-order valence-corrected chi connectivity index (χ2v) is 6.11. The van der Waals surface area contributed by atoms with Crippen molar-refractivity contribution >= 4 is 38.3 Å². The molecule has 0 atom stereocenters. The first kappa shape index (κ1) is 15.9. The van der Waals surface area contributed by atoms with Crippen LogP contribution in [-0.2, 0) is 11.2 Å². The van der Waals surface area contributed by atoms with Gasteiger partial charge in [-0.3, -0.25) is 4.79 Å². The van der Waals surface area contributed by atoms with E-state index in [-0.39, 0.29) is 5.91 Å². The molecule has 0 bridgehead atoms. The minimum atomic E-state index is -0.0618. The molecule has 1 N–H and O–H groups in total. The molecule has 0 aliphatic carbocycles. The number of para-hydroxylation sites is 1. The summed E-state index contributed by atoms with van der Waals surface area (Å²) in [6.45, 7) is 0.516. The topological polar surface area (TPSA) is 64.1 Å². The number of nitrogens with one attached hydrogen (secondary N) is 1. The molecule has 1 aromatic carbocycles. The van der Waals surface area contributed by atoms with E-state index in [0.717, 1.165) is 22.5 Å². The Kier molecular flexibility index (Phi) is 6.62. The van der Waals surface area contributed by atoms with Gasteiger partial charge in [0.15, 0.2) is 0 Å². The molecule has 0 saturated heterocycles. The van der Waals surface area contributed by atoms with Gasteiger partial charge in [-0.25, -0.2) is 0 Å². The fraction of sp³-hybridized carbons (Fsp3) is 0.357. The number of carbonyl (C=O) groups is 1. The van der Waals surface area contributed by atoms with Crippen LogP contribution in [0.25, 0.3) is 0 Å². The normalized spacial score (nSPS) is 10.3. The van der Waals surface area contributed by atoms with Crippen molar-refractivity contribution in [1.29, 1.82) is 0 Å². The zero-order valence-corrected chi connectivity index (χ0v) is 13.8. The number of amides is 1. The summed E-state index contributed by atoms with van der Waals surface area (Å²) in [5.41, 5.74) is 0. The molecule has 0 radical (unpaired) electrons. The van der Waals surface area contributed by atoms with Gasteiger partial charge < -0.3 is 10.1 Å². The molecule has 0 aliphatic heterocycles. The van der Waals surface area contributed by atoms with Crippen LogP contribution in [-0.4, -0.2) is 28.0 Å². The highest BCUT2D eigenvalue weighted by molar-refractivity contribution is 9.09. The number of aromatic nitrogens is 2. The smallest absolute Gasteiger partial charge is 0.226 e. The molecule has 1 heterocycles. The molecule has 0 unspecified atom stereocenters. The van der Waals surface area contributed by atoms with E-state index in [2.05, 4.69) is 31.4 Å². The molecule has 2 rings (SSSR count). The van der Waals surface area contributed by atoms with E-state index in [1.165, 1.54) is 11.3 Å². The molecule has 1 aromatic heterocycles. The van der Waals surface area contributed by atoms with E-state index in [4.69, 9.17) is 4.74 Å². The van der Waals surface area contributed by atoms with Gasteiger partial charge in [-0.2, -0.15) is 0 Å². The summed E-state index contributed by atoms with van der Waals surface area (Å²) in [5.74, 6) is 0.759. The third kappa shape index (κ3) is 5.81. The molecular weight excluding hydrogens is 354 g/mol. The molecule has 1 amide bonds. The first-order valence-corrected chi connectivity index (χ1v) is 8.58. The number of anilines is 1. The number of carbonyl (C=O) groups excluding carboxylic acids is 1. The van der Waals surface area contributed by atoms with Crippen molar-refractivity contribution in [1.82, 2.24) is 10.2 Å². The van der Waals surface area contributed by atoms with Gasteiger partial charge in [-0.05, 0) is 18.6 Å². The van der Waals surface area contributed by atoms with Gasteiger partial charge in [0.1, 0.15) is 10.8 Å². The van der Waals surface area contributed by atoms with E-state index in [1.54, 1.807) is 0 Å². The quantitative estimate of drug-likeness (QED) is 0.572. The first-order valence-electron chi connectivity index (χ1n) is 6.64. The zero-order valence-electron chi connectivity index (χ0n) is 11.4. The van der Waals surface area contributed by atoms with Gasteiger partial charge in [0.05, 0.1) is 6.61 Å². The van der Waals surface area contributed by atoms with E-state index in [0.29, 0.717) is 24.6 Å². The largest absolute Gasteiger partial charge is 0.494 e. The molecule has 5 nitrogen and oxygen atoms in total. The maximum atomic E-state index is 11.8. The number of hydrogen-bond acceptors (Lipinski definition) is 5. The summed E-state index contributed by atoms with van der Waals surface area (Å²) in [6, 6.07) is 9.57. The Balaban J connectivity index is 1.65. The van der Waals surface area contributed by atoms with Crippen LogP contribution in [0.15, 0.2) is 30.3 Å². The summed E-state index contributed by atoms with van der Waals surface area (Å²) in [7, 11) is 0. The summed E-state index contributed by atoms with van der Waals surface area (Å²) < 4.78 is 5.53. The first-order chi connectivity index (χ1) is 10.3. The Labute approximate surface area is 135 Å². The number of rotatable bonds is 8. The van der Waals surface area contributed by atoms with Crippen LogP contribution in [0.5, 0.6) is 5.75 Å². The number of nitrogens with zero attached hydrogens (tertiary/aromatic N) is 2. The summed E-state index contributed by atoms with van der Waals surface area (Å²) in [6.07, 6.45) is 1.88. The average Bonchev–Trinajstić information content (AvgIpc) is 2.92. The summed E-state index contributed by atoms with van der Waals surface area (Å²) in [4.78, 5) is 11.8. The lowest BCUT2D eigenvalue weighted by molar-refractivity contribution is -0.116. The molecule has 2 aromatic rings. The van der Waals surface area contributed by atoms with Crippen molar-refractivity contribution in [3.8, 4) is 5.75 Å². The standard InChI is InChI=1S/C14H16BrN3O2S/c15-9-8-13-17-18-14(21-13)16-12(19)7-4-10-20-11-5-2-1-3-6-11/h1-3,5-6H,4,7-10H2,(H,16,18,19). The Morgan fingerprint density at radius 1 is 1.29 bits per heavy atom. The van der Waals surface area contributed by atoms with Gasteiger partial charge in [0.25, 0.3) is 0 Å². The van der Waals surface area contributed by atoms with Crippen LogP contribution in [0.4, 0.5) is 5.13 Å². The van der Waals surface area contributed by atoms with Gasteiger partial charge in [-0.1, -0.05) is 45.5 Å². The fourth-order valence-corrected chi connectivity index (χ4v) is 3.00. The SMILES string of the molecule is O=C(CCCOc1ccccc1)Nc1nnc(CCBr)s1. The Morgan fingerprint density at radius 2 is 2.10 bits per heavy atom. The van der Waals surface area contributed by atoms with Gasteiger partial charge in [0, 0.05) is 18.2 Å². The molecule has 7 heteroatoms. The van der Waals surface area contributed by atoms with Crippen LogP contribution in [0, 0.1) is 0 Å². The van der Waals surface area contributed by atoms with Crippen molar-refractivity contribution in [3.05, 3.63) is 35.3 Å². The predicted octanol–water partition coefficient (Wildman–Crippen LogP) is 3.27. The lowest BCUT2D eigenvalue weighted by Crippen LogP contribution is -2.12. The molecule has 112 valence electrons. The minimum absolute atomic E-state index is 0.0618. The van der Waals surface area contributed by atoms with Crippen LogP contribution < -0.4 is 10.1 Å². The van der Waals surface area contributed by atoms with Gasteiger partial charge in [-0.15, -0.1) is 10.2 Å². The minimum Gasteiger partial charge on any atom is -0.494 e. The van der Waals surface area contributed by atoms with Crippen LogP contribution in [0.2, 0.25) is 0 Å². The highest BCUT2D eigenvalue weighted by Crippen LogP contribution is 2.16. The van der Waals surface area contributed by atoms with Gasteiger partial charge >= 0.3 is 0 Å². The zero-order chi connectivity index (χ0) is 14.9. The Hall–Kier alpha value is -1.47. The van der Waals surface area contributed by atoms with Crippen molar-refractivity contribution in [3.63, 3.8) is 0 Å². The molecule has 0 fully saturated rings. The number of aryl methyl sites for hydroxylation is 1. The second kappa shape index (κ2) is 8.74. The number of halogens is 1. The second-order valence-electron chi connectivity index (χ2n) is 4.25. The van der Waals surface area contributed by atoms with Crippen LogP contribution >= 0.6 is 27.3 Å². The summed E-state index contributed by atoms with van der Waals surface area (Å²) in [5, 5.41) is 13.0. The number of hydrogen-bond donors (Lipinski definition) is 1. The highest BCUT2D eigenvalue weighted by Gasteiger charge is 2.07. The number of benzene rings is 1. The van der Waals surface area contributed by atoms with Gasteiger partial charge in [0.2, 0.25) is 11.0 Å². The lowest BCUT2D eigenvalue weighted by Gasteiger charge is -2.05. The average molecular weight is 370 g/mol. The molecule has 0 aliphatic rings. The molecular formula is C14H16BrN3O2S. The monoisotopic (exact) mass is 369 g/mol. The van der Waals surface area contributed by atoms with E-state index in [1.807, 2.05) is 30.3 Å². The fourth-order valence-electron chi connectivity index (χ4n) is 1.61. The maximum Gasteiger partial charge on any atom is 0.226 e. The van der Waals surface area contributed by atoms with Crippen molar-refractivity contribution in [2.45, 2.75) is 19.3 Å². The lowest BCUT2D eigenvalue weighted by atomic mass is 10.3. The predicted molar refractivity (Wildman–Crippen MR) is 87.2 cm³/mol. The van der Waals surface area contributed by atoms with E-state index < -0.39 is 0 Å². The van der Waals surface area contributed by atoms with Crippen molar-refractivity contribution in [2.24, 2.45) is 0 Å². The van der Waals surface area contributed by atoms with E-state index >= 15 is 0 Å². The van der Waals surface area contributed by atoms with Crippen LogP contribution in [0.1, 0.15) is 17.8 Å². The summed E-state index contributed by atoms with van der Waals surface area (Å²) >= 11 is 4.75. The third-order valence-electron chi connectivity index (χ3n) is 2.58. The van der Waals surface area contributed by atoms with Crippen molar-refractivity contribution in [2.75, 3.05) is 17.3 Å². The molecule has 21 heavy (non-hydrogen) atoms. The Morgan fingerprint density at radius 3 is 2.86 bits per heavy atom. The molecule has 0 spiro atoms. The van der Waals surface area contributed by atoms with Crippen molar-refractivity contribution < 1.29 is 9.53 Å².